The lowest BCUT2D eigenvalue weighted by molar-refractivity contribution is -0.138. The van der Waals surface area contributed by atoms with Gasteiger partial charge in [0.05, 0.1) is 0 Å². The third kappa shape index (κ3) is 10.2. The Bertz CT molecular complexity index is 574. The Morgan fingerprint density at radius 2 is 1.55 bits per heavy atom. The maximum atomic E-state index is 12.8. The number of nitrogens with one attached hydrogen (secondary N) is 4. The van der Waals surface area contributed by atoms with Crippen molar-refractivity contribution < 1.29 is 24.4 Å². The zero-order valence-corrected chi connectivity index (χ0v) is 18.3. The zero-order chi connectivity index (χ0) is 22.8. The molecule has 2 unspecified atom stereocenters. The van der Waals surface area contributed by atoms with E-state index in [1.165, 1.54) is 5.48 Å². The van der Waals surface area contributed by atoms with Gasteiger partial charge >= 0.3 is 0 Å². The van der Waals surface area contributed by atoms with E-state index in [1.54, 1.807) is 27.7 Å². The Morgan fingerprint density at radius 3 is 2.00 bits per heavy atom. The number of hydrogen-bond donors (Lipinski definition) is 6. The molecule has 0 saturated heterocycles. The van der Waals surface area contributed by atoms with E-state index in [-0.39, 0.29) is 24.8 Å². The number of hydrogen-bond acceptors (Lipinski definition) is 6. The average molecular weight is 416 g/mol. The minimum Gasteiger partial charge on any atom is -0.353 e. The number of hydroxylamine groups is 1. The first kappa shape index (κ1) is 26.8. The minimum absolute atomic E-state index is 0.130. The van der Waals surface area contributed by atoms with E-state index in [4.69, 9.17) is 10.9 Å². The van der Waals surface area contributed by atoms with E-state index < -0.39 is 41.1 Å². The third-order valence-corrected chi connectivity index (χ3v) is 4.29. The quantitative estimate of drug-likeness (QED) is 0.200. The van der Waals surface area contributed by atoms with Crippen molar-refractivity contribution >= 4 is 23.6 Å². The summed E-state index contributed by atoms with van der Waals surface area (Å²) in [6.07, 6.45) is 0.215. The maximum Gasteiger partial charge on any atom is 0.244 e. The van der Waals surface area contributed by atoms with Crippen LogP contribution >= 0.6 is 0 Å². The van der Waals surface area contributed by atoms with Gasteiger partial charge in [0, 0.05) is 25.4 Å². The zero-order valence-electron chi connectivity index (χ0n) is 18.3. The molecule has 10 nitrogen and oxygen atoms in total. The molecule has 168 valence electrons. The molecule has 29 heavy (non-hydrogen) atoms. The van der Waals surface area contributed by atoms with Gasteiger partial charge in [-0.15, -0.1) is 0 Å². The van der Waals surface area contributed by atoms with Gasteiger partial charge in [-0.25, -0.2) is 5.48 Å². The number of nitrogens with two attached hydrogens (primary N) is 1. The van der Waals surface area contributed by atoms with Gasteiger partial charge in [0.1, 0.15) is 12.1 Å². The van der Waals surface area contributed by atoms with Gasteiger partial charge in [-0.3, -0.25) is 24.4 Å². The van der Waals surface area contributed by atoms with Gasteiger partial charge in [0.15, 0.2) is 0 Å². The van der Waals surface area contributed by atoms with E-state index in [0.717, 1.165) is 0 Å². The summed E-state index contributed by atoms with van der Waals surface area (Å²) in [5, 5.41) is 16.7. The standard InChI is InChI=1S/C19H37N5O5/c1-11(2)9-13(10-14(25)24-29)17(27)23-15(19(4,5)6)18(28)22-12(3)16(26)21-8-7-20/h11-13,15,29H,7-10,20H2,1-6H3,(H,21,26)(H,22,28)(H,23,27)(H,24,25)/t12?,13?,15-/m1/s1. The molecular weight excluding hydrogens is 378 g/mol. The highest BCUT2D eigenvalue weighted by Crippen LogP contribution is 2.22. The fourth-order valence-electron chi connectivity index (χ4n) is 2.77. The first-order valence-corrected chi connectivity index (χ1v) is 9.84. The van der Waals surface area contributed by atoms with E-state index in [1.807, 2.05) is 13.8 Å². The molecule has 3 atom stereocenters. The second-order valence-electron chi connectivity index (χ2n) is 8.68. The largest absolute Gasteiger partial charge is 0.353 e. The lowest BCUT2D eigenvalue weighted by Gasteiger charge is -2.32. The molecule has 0 spiro atoms. The molecule has 0 radical (unpaired) electrons. The molecule has 0 aliphatic heterocycles. The van der Waals surface area contributed by atoms with Gasteiger partial charge in [0.25, 0.3) is 0 Å². The van der Waals surface area contributed by atoms with Crippen LogP contribution in [0.25, 0.3) is 0 Å². The van der Waals surface area contributed by atoms with Gasteiger partial charge < -0.3 is 21.7 Å². The van der Waals surface area contributed by atoms with Crippen LogP contribution in [-0.2, 0) is 19.2 Å². The van der Waals surface area contributed by atoms with Crippen molar-refractivity contribution in [3.05, 3.63) is 0 Å². The van der Waals surface area contributed by atoms with Crippen molar-refractivity contribution in [1.82, 2.24) is 21.4 Å². The molecule has 0 heterocycles. The summed E-state index contributed by atoms with van der Waals surface area (Å²) < 4.78 is 0. The molecule has 0 aromatic rings. The number of rotatable bonds is 11. The van der Waals surface area contributed by atoms with Crippen LogP contribution in [-0.4, -0.2) is 54.0 Å². The minimum atomic E-state index is -0.924. The smallest absolute Gasteiger partial charge is 0.244 e. The Balaban J connectivity index is 5.30. The molecule has 0 saturated carbocycles. The molecule has 0 aromatic heterocycles. The highest BCUT2D eigenvalue weighted by molar-refractivity contribution is 5.93. The molecule has 0 rings (SSSR count). The molecule has 0 fully saturated rings. The van der Waals surface area contributed by atoms with Crippen molar-refractivity contribution in [2.75, 3.05) is 13.1 Å². The van der Waals surface area contributed by atoms with Gasteiger partial charge in [-0.05, 0) is 24.7 Å². The molecule has 0 bridgehead atoms. The van der Waals surface area contributed by atoms with Crippen LogP contribution in [0.1, 0.15) is 54.4 Å². The van der Waals surface area contributed by atoms with Crippen LogP contribution in [0, 0.1) is 17.3 Å². The normalized spacial score (nSPS) is 14.5. The fourth-order valence-corrected chi connectivity index (χ4v) is 2.77. The molecule has 0 aromatic carbocycles. The molecular formula is C19H37N5O5. The second-order valence-corrected chi connectivity index (χ2v) is 8.68. The SMILES string of the molecule is CC(C)CC(CC(=O)NO)C(=O)N[C@H](C(=O)NC(C)C(=O)NCCN)C(C)(C)C. The van der Waals surface area contributed by atoms with E-state index in [2.05, 4.69) is 16.0 Å². The molecule has 7 N–H and O–H groups in total. The summed E-state index contributed by atoms with van der Waals surface area (Å²) in [7, 11) is 0. The van der Waals surface area contributed by atoms with Gasteiger partial charge in [-0.2, -0.15) is 0 Å². The Kier molecular flexibility index (Phi) is 11.4. The lowest BCUT2D eigenvalue weighted by Crippen LogP contribution is -2.58. The van der Waals surface area contributed by atoms with Crippen LogP contribution in [0.2, 0.25) is 0 Å². The number of carbonyl (C=O) groups excluding carboxylic acids is 4. The van der Waals surface area contributed by atoms with E-state index in [0.29, 0.717) is 13.0 Å². The molecule has 4 amide bonds. The Labute approximate surface area is 172 Å². The summed E-state index contributed by atoms with van der Waals surface area (Å²) in [4.78, 5) is 49.1. The summed E-state index contributed by atoms with van der Waals surface area (Å²) in [5.41, 5.74) is 6.24. The summed E-state index contributed by atoms with van der Waals surface area (Å²) in [5.74, 6) is -2.59. The van der Waals surface area contributed by atoms with E-state index in [9.17, 15) is 19.2 Å². The second kappa shape index (κ2) is 12.4. The summed E-state index contributed by atoms with van der Waals surface area (Å²) in [6.45, 7) is 11.3. The van der Waals surface area contributed by atoms with Gasteiger partial charge in [0.2, 0.25) is 23.6 Å². The Hall–Kier alpha value is -2.20. The summed E-state index contributed by atoms with van der Waals surface area (Å²) >= 11 is 0. The lowest BCUT2D eigenvalue weighted by atomic mass is 9.84. The van der Waals surface area contributed by atoms with Crippen molar-refractivity contribution in [2.45, 2.75) is 66.5 Å². The van der Waals surface area contributed by atoms with Crippen molar-refractivity contribution in [1.29, 1.82) is 0 Å². The predicted molar refractivity (Wildman–Crippen MR) is 109 cm³/mol. The fraction of sp³-hybridized carbons (Fsp3) is 0.789. The first-order chi connectivity index (χ1) is 13.3. The highest BCUT2D eigenvalue weighted by atomic mass is 16.5. The molecule has 10 heteroatoms. The molecule has 0 aliphatic rings. The predicted octanol–water partition coefficient (Wildman–Crippen LogP) is -0.345. The summed E-state index contributed by atoms with van der Waals surface area (Å²) in [6, 6.07) is -1.73. The van der Waals surface area contributed by atoms with Gasteiger partial charge in [-0.1, -0.05) is 34.6 Å². The topological polar surface area (TPSA) is 163 Å². The monoisotopic (exact) mass is 415 g/mol. The van der Waals surface area contributed by atoms with Crippen LogP contribution < -0.4 is 27.2 Å². The maximum absolute atomic E-state index is 12.8. The Morgan fingerprint density at radius 1 is 0.966 bits per heavy atom. The third-order valence-electron chi connectivity index (χ3n) is 4.29. The van der Waals surface area contributed by atoms with Crippen molar-refractivity contribution in [3.63, 3.8) is 0 Å². The molecule has 0 aliphatic carbocycles. The average Bonchev–Trinajstić information content (AvgIpc) is 2.61. The van der Waals surface area contributed by atoms with E-state index >= 15 is 0 Å². The van der Waals surface area contributed by atoms with Crippen LogP contribution in [0.5, 0.6) is 0 Å². The van der Waals surface area contributed by atoms with Crippen LogP contribution in [0.4, 0.5) is 0 Å². The van der Waals surface area contributed by atoms with Crippen molar-refractivity contribution in [2.24, 2.45) is 23.0 Å². The first-order valence-electron chi connectivity index (χ1n) is 9.84. The van der Waals surface area contributed by atoms with Crippen LogP contribution in [0.3, 0.4) is 0 Å². The number of carbonyl (C=O) groups is 4. The highest BCUT2D eigenvalue weighted by Gasteiger charge is 2.36. The van der Waals surface area contributed by atoms with Crippen LogP contribution in [0.15, 0.2) is 0 Å². The van der Waals surface area contributed by atoms with Crippen molar-refractivity contribution in [3.8, 4) is 0 Å². The number of amides is 4.